The molecule has 13 nitrogen and oxygen atoms in total. The lowest BCUT2D eigenvalue weighted by Gasteiger charge is -2.23. The third-order valence-electron chi connectivity index (χ3n) is 4.37. The van der Waals surface area contributed by atoms with Crippen LogP contribution in [0, 0.1) is 0 Å². The predicted octanol–water partition coefficient (Wildman–Crippen LogP) is -1.46. The number of aromatic amines is 1. The molecule has 2 N–H and O–H groups in total. The molecule has 1 aromatic rings. The lowest BCUT2D eigenvalue weighted by Crippen LogP contribution is -2.41. The topological polar surface area (TPSA) is 172 Å². The Bertz CT molecular complexity index is 998. The monoisotopic (exact) mass is 455 g/mol. The van der Waals surface area contributed by atoms with Crippen molar-refractivity contribution in [2.75, 3.05) is 13.2 Å². The van der Waals surface area contributed by atoms with E-state index in [4.69, 9.17) is 18.9 Å². The third kappa shape index (κ3) is 6.59. The van der Waals surface area contributed by atoms with E-state index in [2.05, 4.69) is 10.3 Å². The number of carbonyl (C=O) groups excluding carboxylic acids is 4. The normalized spacial score (nSPS) is 22.2. The van der Waals surface area contributed by atoms with Crippen molar-refractivity contribution in [2.24, 2.45) is 0 Å². The molecule has 13 heteroatoms. The Morgan fingerprint density at radius 2 is 1.66 bits per heavy atom. The maximum absolute atomic E-state index is 12.5. The number of Topliss-reactive ketones (excluding diaryl/α,β-unsaturated/α-hetero) is 1. The van der Waals surface area contributed by atoms with Crippen molar-refractivity contribution in [3.05, 3.63) is 32.6 Å². The second-order valence-electron chi connectivity index (χ2n) is 7.15. The van der Waals surface area contributed by atoms with Gasteiger partial charge < -0.3 is 18.9 Å². The van der Waals surface area contributed by atoms with Gasteiger partial charge in [0.1, 0.15) is 24.6 Å². The van der Waals surface area contributed by atoms with Crippen molar-refractivity contribution in [3.63, 3.8) is 0 Å². The van der Waals surface area contributed by atoms with E-state index in [9.17, 15) is 28.8 Å². The van der Waals surface area contributed by atoms with Crippen LogP contribution in [-0.2, 0) is 44.8 Å². The van der Waals surface area contributed by atoms with Crippen molar-refractivity contribution in [2.45, 2.75) is 58.8 Å². The zero-order valence-corrected chi connectivity index (χ0v) is 18.0. The van der Waals surface area contributed by atoms with E-state index in [1.165, 1.54) is 20.0 Å². The minimum atomic E-state index is -1.26. The fourth-order valence-electron chi connectivity index (χ4n) is 3.16. The summed E-state index contributed by atoms with van der Waals surface area (Å²) >= 11 is 0. The quantitative estimate of drug-likeness (QED) is 0.329. The zero-order chi connectivity index (χ0) is 24.0. The summed E-state index contributed by atoms with van der Waals surface area (Å²) in [5.74, 6) is -2.22. The van der Waals surface area contributed by atoms with Crippen LogP contribution in [0.5, 0.6) is 0 Å². The summed E-state index contributed by atoms with van der Waals surface area (Å²) in [6.45, 7) is 4.35. The van der Waals surface area contributed by atoms with E-state index in [1.54, 1.807) is 0 Å². The second-order valence-corrected chi connectivity index (χ2v) is 7.15. The molecule has 1 fully saturated rings. The van der Waals surface area contributed by atoms with E-state index in [0.29, 0.717) is 0 Å². The van der Waals surface area contributed by atoms with Crippen LogP contribution in [0.2, 0.25) is 0 Å². The lowest BCUT2D eigenvalue weighted by atomic mass is 10.0. The summed E-state index contributed by atoms with van der Waals surface area (Å²) in [5, 5.41) is 2.74. The van der Waals surface area contributed by atoms with E-state index in [-0.39, 0.29) is 31.2 Å². The van der Waals surface area contributed by atoms with Gasteiger partial charge in [0.25, 0.3) is 5.56 Å². The maximum atomic E-state index is 12.5. The molecule has 0 amide bonds. The molecule has 1 aliphatic heterocycles. The predicted molar refractivity (Wildman–Crippen MR) is 105 cm³/mol. The Hall–Kier alpha value is -3.32. The number of esters is 3. The van der Waals surface area contributed by atoms with E-state index in [1.807, 2.05) is 0 Å². The summed E-state index contributed by atoms with van der Waals surface area (Å²) in [7, 11) is 0. The minimum Gasteiger partial charge on any atom is -0.463 e. The van der Waals surface area contributed by atoms with Crippen LogP contribution in [0.3, 0.4) is 0 Å². The molecular formula is C19H25N3O10. The highest BCUT2D eigenvalue weighted by atomic mass is 16.6. The van der Waals surface area contributed by atoms with Gasteiger partial charge in [0.2, 0.25) is 0 Å². The number of nitrogens with zero attached hydrogens (tertiary/aromatic N) is 1. The summed E-state index contributed by atoms with van der Waals surface area (Å²) in [4.78, 5) is 72.5. The Morgan fingerprint density at radius 3 is 2.22 bits per heavy atom. The number of carbonyl (C=O) groups is 4. The van der Waals surface area contributed by atoms with Crippen molar-refractivity contribution in [1.82, 2.24) is 14.9 Å². The number of hydrogen-bond acceptors (Lipinski definition) is 11. The first-order valence-electron chi connectivity index (χ1n) is 9.66. The zero-order valence-electron chi connectivity index (χ0n) is 18.0. The highest BCUT2D eigenvalue weighted by Crippen LogP contribution is 2.36. The Labute approximate surface area is 182 Å². The van der Waals surface area contributed by atoms with E-state index >= 15 is 0 Å². The van der Waals surface area contributed by atoms with Crippen LogP contribution < -0.4 is 16.6 Å². The van der Waals surface area contributed by atoms with Crippen LogP contribution in [0.1, 0.15) is 39.4 Å². The molecular weight excluding hydrogens is 430 g/mol. The number of ether oxygens (including phenoxy) is 4. The molecule has 1 aliphatic rings. The van der Waals surface area contributed by atoms with Gasteiger partial charge in [-0.25, -0.2) is 4.79 Å². The van der Waals surface area contributed by atoms with Crippen LogP contribution in [-0.4, -0.2) is 64.7 Å². The maximum Gasteiger partial charge on any atom is 0.329 e. The van der Waals surface area contributed by atoms with Crippen molar-refractivity contribution in [3.8, 4) is 0 Å². The molecule has 4 atom stereocenters. The van der Waals surface area contributed by atoms with Crippen molar-refractivity contribution >= 4 is 23.7 Å². The molecule has 2 unspecified atom stereocenters. The summed E-state index contributed by atoms with van der Waals surface area (Å²) in [5.41, 5.74) is -1.65. The molecule has 32 heavy (non-hydrogen) atoms. The fraction of sp³-hybridized carbons (Fsp3) is 0.579. The molecule has 0 saturated carbocycles. The number of H-pyrrole nitrogens is 1. The van der Waals surface area contributed by atoms with Gasteiger partial charge in [-0.2, -0.15) is 0 Å². The molecule has 0 bridgehead atoms. The fourth-order valence-corrected chi connectivity index (χ4v) is 3.16. The third-order valence-corrected chi connectivity index (χ3v) is 4.37. The molecule has 0 spiro atoms. The first kappa shape index (κ1) is 24.9. The number of rotatable bonds is 9. The van der Waals surface area contributed by atoms with Crippen LogP contribution in [0.15, 0.2) is 15.8 Å². The van der Waals surface area contributed by atoms with Crippen LogP contribution in [0.25, 0.3) is 0 Å². The molecule has 1 saturated heterocycles. The largest absolute Gasteiger partial charge is 0.463 e. The number of aromatic nitrogens is 2. The van der Waals surface area contributed by atoms with Gasteiger partial charge in [0, 0.05) is 27.0 Å². The van der Waals surface area contributed by atoms with E-state index < -0.39 is 53.6 Å². The molecule has 0 aromatic carbocycles. The van der Waals surface area contributed by atoms with Crippen molar-refractivity contribution < 1.29 is 38.1 Å². The molecule has 2 rings (SSSR count). The standard InChI is InChI=1S/C19H25N3O10/c1-9(23)5-20-8-22-6-13(18(27)21-19(22)28)15-17(31-12(4)26)16(30-11(3)25)14(32-15)7-29-10(2)24/h6,14-17,20H,5,7-8H2,1-4H3,(H,21,27,28)/t14-,15+,16?,17?/m1/s1. The minimum absolute atomic E-state index is 0.00408. The van der Waals surface area contributed by atoms with E-state index in [0.717, 1.165) is 18.4 Å². The summed E-state index contributed by atoms with van der Waals surface area (Å²) < 4.78 is 22.4. The van der Waals surface area contributed by atoms with Gasteiger partial charge in [-0.05, 0) is 6.92 Å². The number of hydrogen-bond donors (Lipinski definition) is 2. The highest BCUT2D eigenvalue weighted by molar-refractivity contribution is 5.77. The van der Waals surface area contributed by atoms with Crippen molar-refractivity contribution in [1.29, 1.82) is 0 Å². The lowest BCUT2D eigenvalue weighted by molar-refractivity contribution is -0.165. The average molecular weight is 455 g/mol. The molecule has 1 aromatic heterocycles. The number of nitrogens with one attached hydrogen (secondary N) is 2. The van der Waals surface area contributed by atoms with Crippen LogP contribution >= 0.6 is 0 Å². The summed E-state index contributed by atoms with van der Waals surface area (Å²) in [6, 6.07) is 0. The Balaban J connectivity index is 2.44. The SMILES string of the molecule is CC(=O)CNCn1cc([C@@H]2O[C@H](COC(C)=O)C(OC(C)=O)C2OC(C)=O)c(=O)[nH]c1=O. The van der Waals surface area contributed by atoms with Gasteiger partial charge in [-0.1, -0.05) is 0 Å². The number of ketones is 1. The molecule has 0 aliphatic carbocycles. The Kier molecular flexibility index (Phi) is 8.43. The molecule has 2 heterocycles. The smallest absolute Gasteiger partial charge is 0.329 e. The second kappa shape index (κ2) is 10.8. The molecule has 176 valence electrons. The first-order valence-corrected chi connectivity index (χ1v) is 9.66. The van der Waals surface area contributed by atoms with Gasteiger partial charge in [-0.15, -0.1) is 0 Å². The van der Waals surface area contributed by atoms with Gasteiger partial charge in [0.15, 0.2) is 12.2 Å². The van der Waals surface area contributed by atoms with Gasteiger partial charge in [0.05, 0.1) is 18.8 Å². The van der Waals surface area contributed by atoms with Gasteiger partial charge in [-0.3, -0.25) is 38.8 Å². The first-order chi connectivity index (χ1) is 15.0. The summed E-state index contributed by atoms with van der Waals surface area (Å²) in [6.07, 6.45) is -3.54. The van der Waals surface area contributed by atoms with Crippen LogP contribution in [0.4, 0.5) is 0 Å². The van der Waals surface area contributed by atoms with Gasteiger partial charge >= 0.3 is 23.6 Å². The highest BCUT2D eigenvalue weighted by Gasteiger charge is 2.51. The average Bonchev–Trinajstić information content (AvgIpc) is 2.97. The molecule has 0 radical (unpaired) electrons. The Morgan fingerprint density at radius 1 is 1.03 bits per heavy atom.